The third kappa shape index (κ3) is 5.42. The Morgan fingerprint density at radius 1 is 0.967 bits per heavy atom. The summed E-state index contributed by atoms with van der Waals surface area (Å²) in [6.07, 6.45) is 6.18. The highest BCUT2D eigenvalue weighted by Crippen LogP contribution is 2.42. The fourth-order valence-electron chi connectivity index (χ4n) is 4.66. The van der Waals surface area contributed by atoms with Crippen LogP contribution in [0.5, 0.6) is 0 Å². The summed E-state index contributed by atoms with van der Waals surface area (Å²) in [5.41, 5.74) is 5.29. The minimum atomic E-state index is 0.119. The molecule has 1 unspecified atom stereocenters. The normalized spacial score (nSPS) is 21.3. The van der Waals surface area contributed by atoms with Crippen LogP contribution < -0.4 is 16.0 Å². The van der Waals surface area contributed by atoms with Gasteiger partial charge in [0.15, 0.2) is 0 Å². The van der Waals surface area contributed by atoms with Crippen molar-refractivity contribution in [1.29, 1.82) is 0 Å². The average Bonchev–Trinajstić information content (AvgIpc) is 3.29. The molecule has 4 nitrogen and oxygen atoms in total. The Balaban J connectivity index is 1.27. The molecule has 0 bridgehead atoms. The summed E-state index contributed by atoms with van der Waals surface area (Å²) < 4.78 is 0. The monoisotopic (exact) mass is 405 g/mol. The molecule has 1 atom stereocenters. The van der Waals surface area contributed by atoms with Crippen molar-refractivity contribution in [2.45, 2.75) is 58.4 Å². The van der Waals surface area contributed by atoms with Gasteiger partial charge in [-0.25, -0.2) is 0 Å². The number of amides is 1. The fraction of sp³-hybridized carbons (Fsp3) is 0.500. The third-order valence-corrected chi connectivity index (χ3v) is 6.86. The van der Waals surface area contributed by atoms with E-state index in [9.17, 15) is 4.79 Å². The van der Waals surface area contributed by atoms with Crippen LogP contribution in [0.3, 0.4) is 0 Å². The van der Waals surface area contributed by atoms with Gasteiger partial charge in [0.1, 0.15) is 0 Å². The summed E-state index contributed by atoms with van der Waals surface area (Å²) in [4.78, 5) is 12.1. The lowest BCUT2D eigenvalue weighted by Crippen LogP contribution is -2.31. The molecule has 30 heavy (non-hydrogen) atoms. The lowest BCUT2D eigenvalue weighted by atomic mass is 9.71. The summed E-state index contributed by atoms with van der Waals surface area (Å²) in [6.45, 7) is 7.11. The Morgan fingerprint density at radius 2 is 1.60 bits per heavy atom. The second kappa shape index (κ2) is 9.22. The topological polar surface area (TPSA) is 53.2 Å². The van der Waals surface area contributed by atoms with Gasteiger partial charge in [0, 0.05) is 24.5 Å². The van der Waals surface area contributed by atoms with Crippen LogP contribution in [0.2, 0.25) is 0 Å². The lowest BCUT2D eigenvalue weighted by Gasteiger charge is -2.34. The van der Waals surface area contributed by atoms with Gasteiger partial charge < -0.3 is 16.0 Å². The van der Waals surface area contributed by atoms with Crippen LogP contribution in [0.25, 0.3) is 0 Å². The maximum absolute atomic E-state index is 12.1. The number of rotatable bonds is 6. The van der Waals surface area contributed by atoms with E-state index < -0.39 is 0 Å². The molecule has 1 aliphatic heterocycles. The number of carbonyl (C=O) groups is 1. The molecule has 160 valence electrons. The van der Waals surface area contributed by atoms with Gasteiger partial charge in [-0.1, -0.05) is 38.1 Å². The van der Waals surface area contributed by atoms with E-state index in [1.54, 1.807) is 0 Å². The highest BCUT2D eigenvalue weighted by atomic mass is 16.1. The number of anilines is 2. The van der Waals surface area contributed by atoms with Crippen LogP contribution in [0, 0.1) is 11.3 Å². The molecule has 0 spiro atoms. The van der Waals surface area contributed by atoms with Crippen molar-refractivity contribution in [2.75, 3.05) is 18.4 Å². The van der Waals surface area contributed by atoms with Crippen molar-refractivity contribution in [3.05, 3.63) is 59.7 Å². The molecule has 1 heterocycles. The summed E-state index contributed by atoms with van der Waals surface area (Å²) in [6, 6.07) is 17.3. The van der Waals surface area contributed by atoms with Gasteiger partial charge in [0.25, 0.3) is 0 Å². The quantitative estimate of drug-likeness (QED) is 0.608. The van der Waals surface area contributed by atoms with Gasteiger partial charge in [-0.15, -0.1) is 0 Å². The Kier molecular flexibility index (Phi) is 6.43. The first-order chi connectivity index (χ1) is 14.5. The molecular weight excluding hydrogens is 370 g/mol. The zero-order valence-electron chi connectivity index (χ0n) is 18.3. The van der Waals surface area contributed by atoms with E-state index in [1.165, 1.54) is 31.2 Å². The Labute approximate surface area is 180 Å². The Bertz CT molecular complexity index is 826. The van der Waals surface area contributed by atoms with Crippen molar-refractivity contribution >= 4 is 17.3 Å². The lowest BCUT2D eigenvalue weighted by molar-refractivity contribution is -0.124. The van der Waals surface area contributed by atoms with Gasteiger partial charge in [0.2, 0.25) is 5.91 Å². The van der Waals surface area contributed by atoms with Crippen LogP contribution in [0.15, 0.2) is 48.5 Å². The molecule has 1 amide bonds. The standard InChI is InChI=1S/C26H35N3O/c1-26(2)14-11-21(12-15-26)20-5-9-24(10-6-20)29-23-7-3-19(4-8-23)17-28-25(30)22-13-16-27-18-22/h3-10,21-22,27,29H,11-18H2,1-2H3,(H,28,30). The number of benzene rings is 2. The van der Waals surface area contributed by atoms with E-state index in [0.717, 1.165) is 36.4 Å². The summed E-state index contributed by atoms with van der Waals surface area (Å²) in [7, 11) is 0. The molecule has 2 aliphatic rings. The van der Waals surface area contributed by atoms with E-state index >= 15 is 0 Å². The van der Waals surface area contributed by atoms with Gasteiger partial charge in [-0.3, -0.25) is 4.79 Å². The molecule has 4 heteroatoms. The minimum Gasteiger partial charge on any atom is -0.356 e. The second-order valence-corrected chi connectivity index (χ2v) is 9.79. The molecule has 3 N–H and O–H groups in total. The van der Waals surface area contributed by atoms with E-state index in [-0.39, 0.29) is 11.8 Å². The molecule has 2 fully saturated rings. The van der Waals surface area contributed by atoms with Crippen LogP contribution in [0.4, 0.5) is 11.4 Å². The predicted octanol–water partition coefficient (Wildman–Crippen LogP) is 5.34. The first kappa shape index (κ1) is 20.9. The van der Waals surface area contributed by atoms with Crippen molar-refractivity contribution < 1.29 is 4.79 Å². The van der Waals surface area contributed by atoms with Gasteiger partial charge in [-0.05, 0) is 85.4 Å². The van der Waals surface area contributed by atoms with Crippen LogP contribution in [0.1, 0.15) is 63.0 Å². The van der Waals surface area contributed by atoms with Crippen LogP contribution in [-0.4, -0.2) is 19.0 Å². The number of carbonyl (C=O) groups excluding carboxylic acids is 1. The van der Waals surface area contributed by atoms with Gasteiger partial charge in [0.05, 0.1) is 5.92 Å². The first-order valence-electron chi connectivity index (χ1n) is 11.4. The van der Waals surface area contributed by atoms with E-state index in [0.29, 0.717) is 17.9 Å². The Hall–Kier alpha value is -2.33. The molecule has 2 aromatic rings. The van der Waals surface area contributed by atoms with E-state index in [4.69, 9.17) is 0 Å². The maximum Gasteiger partial charge on any atom is 0.224 e. The SMILES string of the molecule is CC1(C)CCC(c2ccc(Nc3ccc(CNC(=O)C4CCNC4)cc3)cc2)CC1. The maximum atomic E-state index is 12.1. The molecular formula is C26H35N3O. The molecule has 0 aromatic heterocycles. The van der Waals surface area contributed by atoms with Gasteiger partial charge in [-0.2, -0.15) is 0 Å². The number of hydrogen-bond acceptors (Lipinski definition) is 3. The number of nitrogens with one attached hydrogen (secondary N) is 3. The third-order valence-electron chi connectivity index (χ3n) is 6.86. The molecule has 4 rings (SSSR count). The minimum absolute atomic E-state index is 0.119. The Morgan fingerprint density at radius 3 is 2.20 bits per heavy atom. The molecule has 1 saturated heterocycles. The zero-order valence-corrected chi connectivity index (χ0v) is 18.3. The average molecular weight is 406 g/mol. The molecule has 0 radical (unpaired) electrons. The van der Waals surface area contributed by atoms with Crippen molar-refractivity contribution in [3.63, 3.8) is 0 Å². The van der Waals surface area contributed by atoms with Crippen LogP contribution in [-0.2, 0) is 11.3 Å². The smallest absolute Gasteiger partial charge is 0.224 e. The van der Waals surface area contributed by atoms with E-state index in [1.807, 2.05) is 0 Å². The highest BCUT2D eigenvalue weighted by Gasteiger charge is 2.27. The largest absolute Gasteiger partial charge is 0.356 e. The zero-order chi connectivity index (χ0) is 21.0. The highest BCUT2D eigenvalue weighted by molar-refractivity contribution is 5.79. The summed E-state index contributed by atoms with van der Waals surface area (Å²) >= 11 is 0. The van der Waals surface area contributed by atoms with Crippen molar-refractivity contribution in [1.82, 2.24) is 10.6 Å². The number of hydrogen-bond donors (Lipinski definition) is 3. The van der Waals surface area contributed by atoms with E-state index in [2.05, 4.69) is 78.3 Å². The molecule has 2 aromatic carbocycles. The summed E-state index contributed by atoms with van der Waals surface area (Å²) in [5, 5.41) is 9.78. The van der Waals surface area contributed by atoms with Crippen LogP contribution >= 0.6 is 0 Å². The molecule has 1 aliphatic carbocycles. The molecule has 1 saturated carbocycles. The summed E-state index contributed by atoms with van der Waals surface area (Å²) in [5.74, 6) is 0.986. The second-order valence-electron chi connectivity index (χ2n) is 9.79. The van der Waals surface area contributed by atoms with Crippen molar-refractivity contribution in [2.24, 2.45) is 11.3 Å². The van der Waals surface area contributed by atoms with Crippen molar-refractivity contribution in [3.8, 4) is 0 Å². The fourth-order valence-corrected chi connectivity index (χ4v) is 4.66. The first-order valence-corrected chi connectivity index (χ1v) is 11.4. The predicted molar refractivity (Wildman–Crippen MR) is 124 cm³/mol. The van der Waals surface area contributed by atoms with Gasteiger partial charge >= 0.3 is 0 Å².